The molecule has 0 bridgehead atoms. The molecule has 7 heteroatoms. The molecule has 3 fully saturated rings. The summed E-state index contributed by atoms with van der Waals surface area (Å²) in [5.41, 5.74) is 1.06. The first-order valence-electron chi connectivity index (χ1n) is 9.49. The molecular weight excluding hydrogens is 330 g/mol. The van der Waals surface area contributed by atoms with E-state index < -0.39 is 0 Å². The van der Waals surface area contributed by atoms with Crippen molar-refractivity contribution in [2.75, 3.05) is 52.9 Å². The minimum Gasteiger partial charge on any atom is -0.340 e. The monoisotopic (exact) mass is 357 g/mol. The lowest BCUT2D eigenvalue weighted by atomic mass is 10.1. The van der Waals surface area contributed by atoms with Crippen molar-refractivity contribution in [2.24, 2.45) is 5.92 Å². The van der Waals surface area contributed by atoms with E-state index in [0.29, 0.717) is 19.0 Å². The first-order valence-corrected chi connectivity index (χ1v) is 9.49. The van der Waals surface area contributed by atoms with Crippen molar-refractivity contribution in [3.63, 3.8) is 0 Å². The molecule has 7 nitrogen and oxygen atoms in total. The molecule has 4 heterocycles. The highest BCUT2D eigenvalue weighted by Crippen LogP contribution is 2.26. The highest BCUT2D eigenvalue weighted by Gasteiger charge is 2.42. The molecule has 0 aromatic carbocycles. The van der Waals surface area contributed by atoms with E-state index in [-0.39, 0.29) is 17.7 Å². The largest absolute Gasteiger partial charge is 0.340 e. The van der Waals surface area contributed by atoms with Crippen LogP contribution in [0.15, 0.2) is 24.4 Å². The summed E-state index contributed by atoms with van der Waals surface area (Å²) < 4.78 is 0. The topological polar surface area (TPSA) is 60.0 Å². The van der Waals surface area contributed by atoms with Gasteiger partial charge in [-0.2, -0.15) is 0 Å². The maximum Gasteiger partial charge on any atom is 0.228 e. The van der Waals surface area contributed by atoms with Crippen LogP contribution in [0.25, 0.3) is 0 Å². The average molecular weight is 357 g/mol. The molecule has 3 saturated heterocycles. The Hall–Kier alpha value is -1.99. The number of carbonyl (C=O) groups is 2. The number of hydrogen-bond acceptors (Lipinski definition) is 5. The molecule has 3 aliphatic heterocycles. The Balaban J connectivity index is 1.27. The van der Waals surface area contributed by atoms with E-state index in [9.17, 15) is 9.59 Å². The van der Waals surface area contributed by atoms with Crippen molar-refractivity contribution in [1.82, 2.24) is 24.6 Å². The van der Waals surface area contributed by atoms with Gasteiger partial charge in [0.1, 0.15) is 0 Å². The Bertz CT molecular complexity index is 653. The zero-order valence-electron chi connectivity index (χ0n) is 15.4. The van der Waals surface area contributed by atoms with Gasteiger partial charge in [0.05, 0.1) is 17.7 Å². The molecule has 0 N–H and O–H groups in total. The third-order valence-corrected chi connectivity index (χ3v) is 5.79. The number of carbonyl (C=O) groups excluding carboxylic acids is 2. The Morgan fingerprint density at radius 3 is 2.58 bits per heavy atom. The molecule has 1 unspecified atom stereocenters. The lowest BCUT2D eigenvalue weighted by molar-refractivity contribution is -0.137. The highest BCUT2D eigenvalue weighted by atomic mass is 16.2. The first-order chi connectivity index (χ1) is 12.6. The molecule has 0 radical (unpaired) electrons. The van der Waals surface area contributed by atoms with Crippen molar-refractivity contribution in [2.45, 2.75) is 19.0 Å². The predicted octanol–water partition coefficient (Wildman–Crippen LogP) is -0.112. The number of aromatic nitrogens is 1. The molecule has 0 aliphatic carbocycles. The summed E-state index contributed by atoms with van der Waals surface area (Å²) in [5, 5.41) is 0. The summed E-state index contributed by atoms with van der Waals surface area (Å²) in [5.74, 6) is 0.150. The van der Waals surface area contributed by atoms with Crippen LogP contribution >= 0.6 is 0 Å². The Labute approximate surface area is 154 Å². The number of rotatable bonds is 4. The average Bonchev–Trinajstić information content (AvgIpc) is 3.01. The number of piperazine rings is 1. The Morgan fingerprint density at radius 2 is 1.92 bits per heavy atom. The van der Waals surface area contributed by atoms with Gasteiger partial charge in [0.15, 0.2) is 0 Å². The lowest BCUT2D eigenvalue weighted by Crippen LogP contribution is -2.58. The van der Waals surface area contributed by atoms with Crippen LogP contribution in [0.5, 0.6) is 0 Å². The third-order valence-electron chi connectivity index (χ3n) is 5.79. The van der Waals surface area contributed by atoms with Gasteiger partial charge in [0.25, 0.3) is 0 Å². The molecule has 26 heavy (non-hydrogen) atoms. The molecule has 1 aromatic rings. The summed E-state index contributed by atoms with van der Waals surface area (Å²) in [7, 11) is 2.06. The first kappa shape index (κ1) is 17.4. The smallest absolute Gasteiger partial charge is 0.228 e. The van der Waals surface area contributed by atoms with Crippen molar-refractivity contribution < 1.29 is 9.59 Å². The molecule has 4 rings (SSSR count). The van der Waals surface area contributed by atoms with Gasteiger partial charge in [-0.15, -0.1) is 0 Å². The molecule has 1 aromatic heterocycles. The number of likely N-dealkylation sites (N-methyl/N-ethyl adjacent to an activating group) is 1. The Morgan fingerprint density at radius 1 is 1.15 bits per heavy atom. The SMILES string of the molecule is CN1CC(N2CC(C(=O)N3CCN(Cc4ccccn4)CC3)CC2=O)C1. The molecule has 2 amide bonds. The van der Waals surface area contributed by atoms with Crippen molar-refractivity contribution in [3.05, 3.63) is 30.1 Å². The summed E-state index contributed by atoms with van der Waals surface area (Å²) in [4.78, 5) is 37.9. The molecular formula is C19H27N5O2. The lowest BCUT2D eigenvalue weighted by Gasteiger charge is -2.42. The van der Waals surface area contributed by atoms with Gasteiger partial charge in [-0.1, -0.05) is 6.07 Å². The number of amides is 2. The molecule has 3 aliphatic rings. The van der Waals surface area contributed by atoms with E-state index in [0.717, 1.165) is 51.5 Å². The molecule has 140 valence electrons. The van der Waals surface area contributed by atoms with Gasteiger partial charge < -0.3 is 14.7 Å². The van der Waals surface area contributed by atoms with Crippen LogP contribution in [0, 0.1) is 5.92 Å². The fourth-order valence-electron chi connectivity index (χ4n) is 4.22. The van der Waals surface area contributed by atoms with Crippen molar-refractivity contribution in [1.29, 1.82) is 0 Å². The zero-order chi connectivity index (χ0) is 18.1. The van der Waals surface area contributed by atoms with Crippen molar-refractivity contribution in [3.8, 4) is 0 Å². The summed E-state index contributed by atoms with van der Waals surface area (Å²) in [6, 6.07) is 6.27. The fraction of sp³-hybridized carbons (Fsp3) is 0.632. The van der Waals surface area contributed by atoms with Crippen LogP contribution < -0.4 is 0 Å². The second-order valence-electron chi connectivity index (χ2n) is 7.74. The summed E-state index contributed by atoms with van der Waals surface area (Å²) in [6.07, 6.45) is 2.20. The summed E-state index contributed by atoms with van der Waals surface area (Å²) in [6.45, 7) is 6.49. The van der Waals surface area contributed by atoms with Crippen LogP contribution in [-0.4, -0.2) is 95.3 Å². The van der Waals surface area contributed by atoms with E-state index in [4.69, 9.17) is 0 Å². The Kier molecular flexibility index (Phi) is 4.91. The number of nitrogens with zero attached hydrogens (tertiary/aromatic N) is 5. The fourth-order valence-corrected chi connectivity index (χ4v) is 4.22. The van der Waals surface area contributed by atoms with Crippen molar-refractivity contribution >= 4 is 11.8 Å². The van der Waals surface area contributed by atoms with E-state index in [2.05, 4.69) is 21.8 Å². The minimum absolute atomic E-state index is 0.148. The third kappa shape index (κ3) is 3.59. The highest BCUT2D eigenvalue weighted by molar-refractivity contribution is 5.89. The maximum atomic E-state index is 12.9. The van der Waals surface area contributed by atoms with Gasteiger partial charge in [0, 0.05) is 65.0 Å². The summed E-state index contributed by atoms with van der Waals surface area (Å²) >= 11 is 0. The molecule has 0 spiro atoms. The van der Waals surface area contributed by atoms with E-state index in [1.54, 1.807) is 0 Å². The van der Waals surface area contributed by atoms with Crippen LogP contribution in [0.2, 0.25) is 0 Å². The second kappa shape index (κ2) is 7.32. The number of pyridine rings is 1. The van der Waals surface area contributed by atoms with E-state index in [1.807, 2.05) is 34.2 Å². The van der Waals surface area contributed by atoms with Crippen LogP contribution in [0.4, 0.5) is 0 Å². The van der Waals surface area contributed by atoms with Gasteiger partial charge in [-0.05, 0) is 19.2 Å². The maximum absolute atomic E-state index is 12.9. The number of hydrogen-bond donors (Lipinski definition) is 0. The molecule has 1 atom stereocenters. The van der Waals surface area contributed by atoms with Crippen LogP contribution in [0.3, 0.4) is 0 Å². The number of likely N-dealkylation sites (tertiary alicyclic amines) is 2. The molecule has 0 saturated carbocycles. The van der Waals surface area contributed by atoms with Crippen LogP contribution in [0.1, 0.15) is 12.1 Å². The zero-order valence-corrected chi connectivity index (χ0v) is 15.4. The van der Waals surface area contributed by atoms with Gasteiger partial charge in [-0.25, -0.2) is 0 Å². The van der Waals surface area contributed by atoms with E-state index in [1.165, 1.54) is 0 Å². The van der Waals surface area contributed by atoms with Crippen LogP contribution in [-0.2, 0) is 16.1 Å². The van der Waals surface area contributed by atoms with Gasteiger partial charge >= 0.3 is 0 Å². The van der Waals surface area contributed by atoms with Gasteiger partial charge in [-0.3, -0.25) is 19.5 Å². The van der Waals surface area contributed by atoms with E-state index >= 15 is 0 Å². The standard InChI is InChI=1S/C19H27N5O2/c1-21-13-17(14-21)24-11-15(10-18(24)25)19(26)23-8-6-22(7-9-23)12-16-4-2-3-5-20-16/h2-5,15,17H,6-14H2,1H3. The quantitative estimate of drug-likeness (QED) is 0.752. The second-order valence-corrected chi connectivity index (χ2v) is 7.74. The predicted molar refractivity (Wildman–Crippen MR) is 97.2 cm³/mol. The normalized spacial score (nSPS) is 25.6. The minimum atomic E-state index is -0.157. The van der Waals surface area contributed by atoms with Gasteiger partial charge in [0.2, 0.25) is 11.8 Å².